The highest BCUT2D eigenvalue weighted by Crippen LogP contribution is 2.21. The molecule has 2 amide bonds. The zero-order valence-electron chi connectivity index (χ0n) is 15.3. The summed E-state index contributed by atoms with van der Waals surface area (Å²) in [5.74, 6) is -0.0634. The van der Waals surface area contributed by atoms with Gasteiger partial charge in [0, 0.05) is 31.2 Å². The molecule has 1 fully saturated rings. The lowest BCUT2D eigenvalue weighted by atomic mass is 9.95. The van der Waals surface area contributed by atoms with Gasteiger partial charge in [-0.15, -0.1) is 0 Å². The highest BCUT2D eigenvalue weighted by Gasteiger charge is 2.28. The van der Waals surface area contributed by atoms with Crippen molar-refractivity contribution in [3.05, 3.63) is 59.4 Å². The van der Waals surface area contributed by atoms with E-state index in [1.165, 1.54) is 5.56 Å². The first-order chi connectivity index (χ1) is 13.2. The van der Waals surface area contributed by atoms with Gasteiger partial charge < -0.3 is 15.5 Å². The summed E-state index contributed by atoms with van der Waals surface area (Å²) in [7, 11) is 0. The number of pyridine rings is 1. The lowest BCUT2D eigenvalue weighted by Gasteiger charge is -2.31. The summed E-state index contributed by atoms with van der Waals surface area (Å²) in [4.78, 5) is 31.6. The van der Waals surface area contributed by atoms with Crippen molar-refractivity contribution in [1.82, 2.24) is 15.2 Å². The van der Waals surface area contributed by atoms with Crippen LogP contribution in [0.5, 0.6) is 0 Å². The van der Waals surface area contributed by atoms with Gasteiger partial charge in [-0.25, -0.2) is 4.98 Å². The van der Waals surface area contributed by atoms with Gasteiger partial charge in [0.05, 0.1) is 5.69 Å². The van der Waals surface area contributed by atoms with E-state index in [-0.39, 0.29) is 17.7 Å². The van der Waals surface area contributed by atoms with Gasteiger partial charge in [-0.2, -0.15) is 0 Å². The van der Waals surface area contributed by atoms with Gasteiger partial charge in [0.15, 0.2) is 0 Å². The molecule has 3 heterocycles. The van der Waals surface area contributed by atoms with Crippen LogP contribution in [-0.2, 0) is 17.8 Å². The van der Waals surface area contributed by atoms with Gasteiger partial charge in [0.2, 0.25) is 5.91 Å². The van der Waals surface area contributed by atoms with Crippen LogP contribution in [0.1, 0.15) is 34.6 Å². The van der Waals surface area contributed by atoms with Crippen molar-refractivity contribution in [2.45, 2.75) is 25.8 Å². The third kappa shape index (κ3) is 4.01. The summed E-state index contributed by atoms with van der Waals surface area (Å²) in [5, 5.41) is 6.25. The average molecular weight is 364 g/mol. The number of aromatic nitrogens is 1. The van der Waals surface area contributed by atoms with Crippen LogP contribution in [0.25, 0.3) is 0 Å². The van der Waals surface area contributed by atoms with E-state index in [4.69, 9.17) is 0 Å². The molecular formula is C21H24N4O2. The smallest absolute Gasteiger partial charge is 0.272 e. The fourth-order valence-electron chi connectivity index (χ4n) is 3.73. The predicted molar refractivity (Wildman–Crippen MR) is 103 cm³/mol. The number of rotatable bonds is 3. The summed E-state index contributed by atoms with van der Waals surface area (Å²) < 4.78 is 0. The van der Waals surface area contributed by atoms with E-state index < -0.39 is 0 Å². The second-order valence-electron chi connectivity index (χ2n) is 7.15. The predicted octanol–water partition coefficient (Wildman–Crippen LogP) is 2.22. The van der Waals surface area contributed by atoms with Gasteiger partial charge in [-0.1, -0.05) is 24.3 Å². The third-order valence-electron chi connectivity index (χ3n) is 5.35. The molecule has 2 aliphatic heterocycles. The molecule has 4 rings (SSSR count). The summed E-state index contributed by atoms with van der Waals surface area (Å²) in [5.41, 5.74) is 3.52. The van der Waals surface area contributed by atoms with E-state index in [2.05, 4.69) is 15.6 Å². The molecule has 6 heteroatoms. The number of nitrogens with one attached hydrogen (secondary N) is 2. The van der Waals surface area contributed by atoms with Crippen molar-refractivity contribution in [2.24, 2.45) is 5.92 Å². The summed E-state index contributed by atoms with van der Waals surface area (Å²) >= 11 is 0. The Labute approximate surface area is 159 Å². The molecule has 1 saturated heterocycles. The van der Waals surface area contributed by atoms with Crippen molar-refractivity contribution in [2.75, 3.05) is 25.0 Å². The molecular weight excluding hydrogens is 340 g/mol. The van der Waals surface area contributed by atoms with Crippen LogP contribution in [0, 0.1) is 5.92 Å². The van der Waals surface area contributed by atoms with E-state index in [1.807, 2.05) is 47.4 Å². The summed E-state index contributed by atoms with van der Waals surface area (Å²) in [6.45, 7) is 2.85. The van der Waals surface area contributed by atoms with Gasteiger partial charge >= 0.3 is 0 Å². The van der Waals surface area contributed by atoms with Crippen molar-refractivity contribution in [1.29, 1.82) is 0 Å². The molecule has 0 unspecified atom stereocenters. The molecule has 0 radical (unpaired) electrons. The Balaban J connectivity index is 1.35. The zero-order valence-corrected chi connectivity index (χ0v) is 15.3. The molecule has 1 aromatic carbocycles. The largest absolute Gasteiger partial charge is 0.337 e. The number of fused-ring (bicyclic) bond motifs is 1. The number of amides is 2. The monoisotopic (exact) mass is 364 g/mol. The van der Waals surface area contributed by atoms with Crippen molar-refractivity contribution < 1.29 is 9.59 Å². The molecule has 0 bridgehead atoms. The van der Waals surface area contributed by atoms with Crippen LogP contribution in [0.2, 0.25) is 0 Å². The van der Waals surface area contributed by atoms with Crippen molar-refractivity contribution in [3.63, 3.8) is 0 Å². The number of para-hydroxylation sites is 1. The minimum atomic E-state index is -0.0602. The molecule has 0 atom stereocenters. The summed E-state index contributed by atoms with van der Waals surface area (Å²) in [6, 6.07) is 13.3. The lowest BCUT2D eigenvalue weighted by molar-refractivity contribution is -0.121. The van der Waals surface area contributed by atoms with Crippen molar-refractivity contribution >= 4 is 17.5 Å². The fraction of sp³-hybridized carbons (Fsp3) is 0.381. The number of carbonyl (C=O) groups excluding carboxylic acids is 2. The molecule has 2 aromatic rings. The number of nitrogens with zero attached hydrogens (tertiary/aromatic N) is 2. The van der Waals surface area contributed by atoms with Crippen LogP contribution < -0.4 is 10.6 Å². The van der Waals surface area contributed by atoms with Crippen molar-refractivity contribution in [3.8, 4) is 0 Å². The average Bonchev–Trinajstić information content (AvgIpc) is 2.73. The number of carbonyl (C=O) groups is 2. The number of anilines is 1. The maximum absolute atomic E-state index is 12.8. The fourth-order valence-corrected chi connectivity index (χ4v) is 3.73. The maximum Gasteiger partial charge on any atom is 0.272 e. The van der Waals surface area contributed by atoms with E-state index >= 15 is 0 Å². The highest BCUT2D eigenvalue weighted by atomic mass is 16.2. The second kappa shape index (κ2) is 7.88. The Hall–Kier alpha value is -2.73. The number of benzene rings is 1. The molecule has 2 aliphatic rings. The number of hydrogen-bond acceptors (Lipinski definition) is 4. The van der Waals surface area contributed by atoms with Crippen LogP contribution >= 0.6 is 0 Å². The van der Waals surface area contributed by atoms with Crippen LogP contribution in [0.15, 0.2) is 42.5 Å². The van der Waals surface area contributed by atoms with Gasteiger partial charge in [0.25, 0.3) is 5.91 Å². The maximum atomic E-state index is 12.8. The van der Waals surface area contributed by atoms with E-state index in [0.717, 1.165) is 30.9 Å². The molecule has 140 valence electrons. The Morgan fingerprint density at radius 1 is 1.07 bits per heavy atom. The Bertz CT molecular complexity index is 829. The molecule has 0 saturated carbocycles. The highest BCUT2D eigenvalue weighted by molar-refractivity contribution is 5.94. The first kappa shape index (κ1) is 17.7. The molecule has 0 aliphatic carbocycles. The van der Waals surface area contributed by atoms with Crippen LogP contribution in [0.4, 0.5) is 5.69 Å². The molecule has 2 N–H and O–H groups in total. The number of likely N-dealkylation sites (tertiary alicyclic amines) is 1. The minimum Gasteiger partial charge on any atom is -0.337 e. The molecule has 0 spiro atoms. The van der Waals surface area contributed by atoms with Crippen LogP contribution in [0.3, 0.4) is 0 Å². The van der Waals surface area contributed by atoms with Gasteiger partial charge in [-0.05, 0) is 49.6 Å². The quantitative estimate of drug-likeness (QED) is 0.876. The number of piperidine rings is 1. The Morgan fingerprint density at radius 3 is 2.63 bits per heavy atom. The Kier molecular flexibility index (Phi) is 5.16. The molecule has 1 aromatic heterocycles. The van der Waals surface area contributed by atoms with Gasteiger partial charge in [-0.3, -0.25) is 9.59 Å². The standard InChI is InChI=1S/C21H24N4O2/c26-20(23-17-4-2-1-3-5-17)16-9-12-25(13-10-16)21(27)18-7-6-15-8-11-22-14-19(15)24-18/h1-7,16,22H,8-14H2,(H,23,26). The second-order valence-corrected chi connectivity index (χ2v) is 7.15. The first-order valence-corrected chi connectivity index (χ1v) is 9.55. The van der Waals surface area contributed by atoms with Gasteiger partial charge in [0.1, 0.15) is 5.69 Å². The first-order valence-electron chi connectivity index (χ1n) is 9.55. The SMILES string of the molecule is O=C(Nc1ccccc1)C1CCN(C(=O)c2ccc3c(n2)CNCC3)CC1. The summed E-state index contributed by atoms with van der Waals surface area (Å²) in [6.07, 6.45) is 2.31. The normalized spacial score (nSPS) is 17.3. The third-order valence-corrected chi connectivity index (χ3v) is 5.35. The minimum absolute atomic E-state index is 0.0336. The zero-order chi connectivity index (χ0) is 18.6. The lowest BCUT2D eigenvalue weighted by Crippen LogP contribution is -2.42. The Morgan fingerprint density at radius 2 is 1.85 bits per heavy atom. The topological polar surface area (TPSA) is 74.3 Å². The van der Waals surface area contributed by atoms with Crippen LogP contribution in [-0.4, -0.2) is 41.3 Å². The van der Waals surface area contributed by atoms with E-state index in [9.17, 15) is 9.59 Å². The van der Waals surface area contributed by atoms with E-state index in [0.29, 0.717) is 31.6 Å². The van der Waals surface area contributed by atoms with E-state index in [1.54, 1.807) is 0 Å². The number of hydrogen-bond donors (Lipinski definition) is 2. The molecule has 6 nitrogen and oxygen atoms in total. The molecule has 27 heavy (non-hydrogen) atoms.